The Bertz CT molecular complexity index is 510. The predicted molar refractivity (Wildman–Crippen MR) is 81.1 cm³/mol. The Morgan fingerprint density at radius 3 is 2.39 bits per heavy atom. The fourth-order valence-electron chi connectivity index (χ4n) is 1.97. The van der Waals surface area contributed by atoms with Crippen molar-refractivity contribution in [2.24, 2.45) is 0 Å². The molecule has 94 valence electrons. The molecular formula is C15H15BrClN. The van der Waals surface area contributed by atoms with Crippen molar-refractivity contribution in [3.05, 3.63) is 69.2 Å². The Labute approximate surface area is 121 Å². The molecule has 1 unspecified atom stereocenters. The van der Waals surface area contributed by atoms with Gasteiger partial charge in [-0.2, -0.15) is 0 Å². The molecule has 0 aliphatic carbocycles. The summed E-state index contributed by atoms with van der Waals surface area (Å²) in [6, 6.07) is 16.6. The smallest absolute Gasteiger partial charge is 0.0438 e. The molecule has 18 heavy (non-hydrogen) atoms. The maximum atomic E-state index is 6.20. The predicted octanol–water partition coefficient (Wildman–Crippen LogP) is 4.61. The van der Waals surface area contributed by atoms with Crippen molar-refractivity contribution < 1.29 is 0 Å². The van der Waals surface area contributed by atoms with Gasteiger partial charge in [0.2, 0.25) is 0 Å². The molecule has 0 amide bonds. The second-order valence-electron chi connectivity index (χ2n) is 4.19. The van der Waals surface area contributed by atoms with Gasteiger partial charge in [-0.05, 0) is 42.8 Å². The van der Waals surface area contributed by atoms with Crippen molar-refractivity contribution >= 4 is 27.5 Å². The average Bonchev–Trinajstić information content (AvgIpc) is 2.39. The Kier molecular flexibility index (Phi) is 4.81. The van der Waals surface area contributed by atoms with E-state index < -0.39 is 0 Å². The topological polar surface area (TPSA) is 12.0 Å². The molecule has 2 rings (SSSR count). The lowest BCUT2D eigenvalue weighted by atomic mass is 9.99. The molecule has 0 saturated carbocycles. The van der Waals surface area contributed by atoms with Crippen LogP contribution in [0.3, 0.4) is 0 Å². The Hall–Kier alpha value is -0.830. The van der Waals surface area contributed by atoms with Crippen LogP contribution < -0.4 is 5.32 Å². The number of halogens is 2. The van der Waals surface area contributed by atoms with Crippen LogP contribution in [0.25, 0.3) is 0 Å². The zero-order valence-electron chi connectivity index (χ0n) is 10.2. The molecule has 1 nitrogen and oxygen atoms in total. The van der Waals surface area contributed by atoms with E-state index >= 15 is 0 Å². The highest BCUT2D eigenvalue weighted by molar-refractivity contribution is 9.10. The van der Waals surface area contributed by atoms with Gasteiger partial charge in [0.05, 0.1) is 0 Å². The molecule has 0 aliphatic rings. The van der Waals surface area contributed by atoms with Gasteiger partial charge in [-0.25, -0.2) is 0 Å². The van der Waals surface area contributed by atoms with Crippen molar-refractivity contribution in [2.45, 2.75) is 12.5 Å². The van der Waals surface area contributed by atoms with E-state index in [0.29, 0.717) is 0 Å². The summed E-state index contributed by atoms with van der Waals surface area (Å²) >= 11 is 9.66. The van der Waals surface area contributed by atoms with E-state index in [4.69, 9.17) is 11.6 Å². The molecule has 2 aromatic carbocycles. The van der Waals surface area contributed by atoms with E-state index in [0.717, 1.165) is 15.9 Å². The molecule has 0 saturated heterocycles. The third-order valence-corrected chi connectivity index (χ3v) is 3.90. The van der Waals surface area contributed by atoms with Gasteiger partial charge in [-0.3, -0.25) is 0 Å². The number of likely N-dealkylation sites (N-methyl/N-ethyl adjacent to an activating group) is 1. The summed E-state index contributed by atoms with van der Waals surface area (Å²) in [7, 11) is 1.98. The largest absolute Gasteiger partial charge is 0.313 e. The Balaban J connectivity index is 2.20. The fraction of sp³-hybridized carbons (Fsp3) is 0.200. The minimum atomic E-state index is 0.276. The zero-order chi connectivity index (χ0) is 13.0. The second-order valence-corrected chi connectivity index (χ2v) is 5.51. The Morgan fingerprint density at radius 2 is 1.78 bits per heavy atom. The van der Waals surface area contributed by atoms with Crippen LogP contribution in [0.2, 0.25) is 5.02 Å². The molecule has 0 spiro atoms. The molecule has 2 aromatic rings. The van der Waals surface area contributed by atoms with Crippen LogP contribution in [-0.4, -0.2) is 7.05 Å². The van der Waals surface area contributed by atoms with Gasteiger partial charge in [0.25, 0.3) is 0 Å². The molecule has 0 aromatic heterocycles. The maximum Gasteiger partial charge on any atom is 0.0438 e. The SMILES string of the molecule is CNC(Cc1ccccc1Cl)c1ccc(Br)cc1. The van der Waals surface area contributed by atoms with Gasteiger partial charge in [0, 0.05) is 15.5 Å². The van der Waals surface area contributed by atoms with Crippen LogP contribution in [0.15, 0.2) is 53.0 Å². The Morgan fingerprint density at radius 1 is 1.11 bits per heavy atom. The van der Waals surface area contributed by atoms with Crippen molar-refractivity contribution in [1.29, 1.82) is 0 Å². The normalized spacial score (nSPS) is 12.4. The van der Waals surface area contributed by atoms with E-state index in [2.05, 4.69) is 51.6 Å². The highest BCUT2D eigenvalue weighted by atomic mass is 79.9. The first-order valence-electron chi connectivity index (χ1n) is 5.87. The first-order valence-corrected chi connectivity index (χ1v) is 7.04. The first-order chi connectivity index (χ1) is 8.70. The highest BCUT2D eigenvalue weighted by Crippen LogP contribution is 2.24. The van der Waals surface area contributed by atoms with Gasteiger partial charge in [-0.15, -0.1) is 0 Å². The van der Waals surface area contributed by atoms with Crippen molar-refractivity contribution in [3.63, 3.8) is 0 Å². The van der Waals surface area contributed by atoms with E-state index in [1.54, 1.807) is 0 Å². The average molecular weight is 325 g/mol. The van der Waals surface area contributed by atoms with Crippen LogP contribution in [0.5, 0.6) is 0 Å². The van der Waals surface area contributed by atoms with E-state index in [-0.39, 0.29) is 6.04 Å². The van der Waals surface area contributed by atoms with Gasteiger partial charge >= 0.3 is 0 Å². The zero-order valence-corrected chi connectivity index (χ0v) is 12.5. The summed E-state index contributed by atoms with van der Waals surface area (Å²) in [5.74, 6) is 0. The van der Waals surface area contributed by atoms with Crippen LogP contribution in [0, 0.1) is 0 Å². The minimum absolute atomic E-state index is 0.276. The number of rotatable bonds is 4. The molecule has 0 fully saturated rings. The van der Waals surface area contributed by atoms with Crippen molar-refractivity contribution in [3.8, 4) is 0 Å². The standard InChI is InChI=1S/C15H15BrClN/c1-18-15(11-6-8-13(16)9-7-11)10-12-4-2-3-5-14(12)17/h2-9,15,18H,10H2,1H3. The van der Waals surface area contributed by atoms with Gasteiger partial charge in [0.1, 0.15) is 0 Å². The lowest BCUT2D eigenvalue weighted by Crippen LogP contribution is -2.18. The molecule has 1 atom stereocenters. The third kappa shape index (κ3) is 3.35. The van der Waals surface area contributed by atoms with Crippen molar-refractivity contribution in [2.75, 3.05) is 7.05 Å². The lowest BCUT2D eigenvalue weighted by Gasteiger charge is -2.17. The quantitative estimate of drug-likeness (QED) is 0.866. The van der Waals surface area contributed by atoms with Gasteiger partial charge in [0.15, 0.2) is 0 Å². The fourth-order valence-corrected chi connectivity index (χ4v) is 2.44. The first kappa shape index (κ1) is 13.6. The molecular weight excluding hydrogens is 310 g/mol. The highest BCUT2D eigenvalue weighted by Gasteiger charge is 2.11. The van der Waals surface area contributed by atoms with Gasteiger partial charge < -0.3 is 5.32 Å². The number of benzene rings is 2. The number of nitrogens with one attached hydrogen (secondary N) is 1. The van der Waals surface area contributed by atoms with Crippen molar-refractivity contribution in [1.82, 2.24) is 5.32 Å². The van der Waals surface area contributed by atoms with Crippen LogP contribution in [0.4, 0.5) is 0 Å². The summed E-state index contributed by atoms with van der Waals surface area (Å²) in [5.41, 5.74) is 2.43. The van der Waals surface area contributed by atoms with Gasteiger partial charge in [-0.1, -0.05) is 57.9 Å². The molecule has 0 radical (unpaired) electrons. The molecule has 1 N–H and O–H groups in total. The van der Waals surface area contributed by atoms with E-state index in [9.17, 15) is 0 Å². The van der Waals surface area contributed by atoms with E-state index in [1.807, 2.05) is 25.2 Å². The van der Waals surface area contributed by atoms with Crippen LogP contribution >= 0.6 is 27.5 Å². The molecule has 0 aliphatic heterocycles. The summed E-state index contributed by atoms with van der Waals surface area (Å²) in [4.78, 5) is 0. The number of hydrogen-bond donors (Lipinski definition) is 1. The molecule has 0 heterocycles. The molecule has 3 heteroatoms. The minimum Gasteiger partial charge on any atom is -0.313 e. The van der Waals surface area contributed by atoms with E-state index in [1.165, 1.54) is 11.1 Å². The number of hydrogen-bond acceptors (Lipinski definition) is 1. The van der Waals surface area contributed by atoms with Crippen LogP contribution in [-0.2, 0) is 6.42 Å². The maximum absolute atomic E-state index is 6.20. The summed E-state index contributed by atoms with van der Waals surface area (Å²) in [5, 5.41) is 4.17. The monoisotopic (exact) mass is 323 g/mol. The second kappa shape index (κ2) is 6.37. The summed E-state index contributed by atoms with van der Waals surface area (Å²) < 4.78 is 1.10. The molecule has 0 bridgehead atoms. The summed E-state index contributed by atoms with van der Waals surface area (Å²) in [6.07, 6.45) is 0.887. The lowest BCUT2D eigenvalue weighted by molar-refractivity contribution is 0.592. The summed E-state index contributed by atoms with van der Waals surface area (Å²) in [6.45, 7) is 0. The van der Waals surface area contributed by atoms with Crippen LogP contribution in [0.1, 0.15) is 17.2 Å². The third-order valence-electron chi connectivity index (χ3n) is 3.00.